The molecule has 0 saturated heterocycles. The summed E-state index contributed by atoms with van der Waals surface area (Å²) in [6, 6.07) is 8.92. The number of nitrogens with zero attached hydrogens (tertiary/aromatic N) is 2. The fourth-order valence-electron chi connectivity index (χ4n) is 1.59. The zero-order chi connectivity index (χ0) is 12.8. The van der Waals surface area contributed by atoms with Gasteiger partial charge in [0.15, 0.2) is 0 Å². The Morgan fingerprint density at radius 3 is 2.83 bits per heavy atom. The van der Waals surface area contributed by atoms with Gasteiger partial charge in [0.05, 0.1) is 6.20 Å². The summed E-state index contributed by atoms with van der Waals surface area (Å²) in [6.45, 7) is 0.140. The van der Waals surface area contributed by atoms with Gasteiger partial charge in [-0.2, -0.15) is 9.78 Å². The highest BCUT2D eigenvalue weighted by Gasteiger charge is 2.06. The van der Waals surface area contributed by atoms with Crippen molar-refractivity contribution in [1.82, 2.24) is 9.78 Å². The molecule has 0 bridgehead atoms. The summed E-state index contributed by atoms with van der Waals surface area (Å²) in [5.74, 6) is 0. The lowest BCUT2D eigenvalue weighted by Crippen LogP contribution is -2.19. The lowest BCUT2D eigenvalue weighted by atomic mass is 10.2. The molecule has 18 heavy (non-hydrogen) atoms. The van der Waals surface area contributed by atoms with Gasteiger partial charge in [0, 0.05) is 18.5 Å². The first-order chi connectivity index (χ1) is 8.79. The van der Waals surface area contributed by atoms with Crippen molar-refractivity contribution in [3.05, 3.63) is 48.3 Å². The molecule has 0 aliphatic carbocycles. The zero-order valence-corrected chi connectivity index (χ0v) is 9.91. The van der Waals surface area contributed by atoms with Gasteiger partial charge in [-0.3, -0.25) is 0 Å². The lowest BCUT2D eigenvalue weighted by molar-refractivity contribution is 0.251. The number of hydrogen-bond donors (Lipinski definition) is 2. The summed E-state index contributed by atoms with van der Waals surface area (Å²) in [7, 11) is 0. The third-order valence-corrected chi connectivity index (χ3v) is 2.49. The molecule has 5 nitrogen and oxygen atoms in total. The second kappa shape index (κ2) is 5.97. The Morgan fingerprint density at radius 1 is 1.33 bits per heavy atom. The topological polar surface area (TPSA) is 67.2 Å². The number of aryl methyl sites for hydroxylation is 1. The number of amides is 1. The summed E-state index contributed by atoms with van der Waals surface area (Å²) in [5, 5.41) is 15.5. The summed E-state index contributed by atoms with van der Waals surface area (Å²) >= 11 is 0. The van der Waals surface area contributed by atoms with Crippen LogP contribution in [-0.2, 0) is 6.42 Å². The van der Waals surface area contributed by atoms with Crippen molar-refractivity contribution in [2.75, 3.05) is 11.9 Å². The van der Waals surface area contributed by atoms with Crippen LogP contribution in [0.15, 0.2) is 42.7 Å². The number of aromatic nitrogens is 2. The second-order valence-electron chi connectivity index (χ2n) is 3.92. The fraction of sp³-hybridized carbons (Fsp3) is 0.231. The van der Waals surface area contributed by atoms with E-state index in [1.54, 1.807) is 12.4 Å². The smallest absolute Gasteiger partial charge is 0.346 e. The number of hydrogen-bond acceptors (Lipinski definition) is 3. The first kappa shape index (κ1) is 12.3. The Labute approximate surface area is 105 Å². The predicted molar refractivity (Wildman–Crippen MR) is 68.5 cm³/mol. The van der Waals surface area contributed by atoms with Crippen LogP contribution in [0.4, 0.5) is 10.5 Å². The van der Waals surface area contributed by atoms with Crippen LogP contribution in [0.5, 0.6) is 0 Å². The maximum Gasteiger partial charge on any atom is 0.346 e. The first-order valence-corrected chi connectivity index (χ1v) is 5.80. The van der Waals surface area contributed by atoms with Crippen molar-refractivity contribution < 1.29 is 9.90 Å². The standard InChI is InChI=1S/C13H15N3O2/c17-8-4-5-11-9-14-16(10-11)13(18)15-12-6-2-1-3-7-12/h1-3,6-7,9-10,17H,4-5,8H2,(H,15,18). The van der Waals surface area contributed by atoms with Crippen molar-refractivity contribution in [3.8, 4) is 0 Å². The molecule has 1 amide bonds. The molecule has 0 aliphatic heterocycles. The van der Waals surface area contributed by atoms with Crippen molar-refractivity contribution in [2.45, 2.75) is 12.8 Å². The molecule has 1 aromatic heterocycles. The number of nitrogens with one attached hydrogen (secondary N) is 1. The monoisotopic (exact) mass is 245 g/mol. The van der Waals surface area contributed by atoms with Crippen LogP contribution < -0.4 is 5.32 Å². The third-order valence-electron chi connectivity index (χ3n) is 2.49. The van der Waals surface area contributed by atoms with Gasteiger partial charge in [-0.1, -0.05) is 18.2 Å². The molecule has 0 aliphatic rings. The van der Waals surface area contributed by atoms with Crippen LogP contribution >= 0.6 is 0 Å². The van der Waals surface area contributed by atoms with Crippen LogP contribution in [-0.4, -0.2) is 27.5 Å². The number of carbonyl (C=O) groups excluding carboxylic acids is 1. The number of anilines is 1. The SMILES string of the molecule is O=C(Nc1ccccc1)n1cc(CCCO)cn1. The zero-order valence-electron chi connectivity index (χ0n) is 9.91. The van der Waals surface area contributed by atoms with E-state index in [9.17, 15) is 4.79 Å². The molecule has 0 radical (unpaired) electrons. The molecular weight excluding hydrogens is 230 g/mol. The van der Waals surface area contributed by atoms with E-state index in [1.165, 1.54) is 4.68 Å². The lowest BCUT2D eigenvalue weighted by Gasteiger charge is -2.03. The van der Waals surface area contributed by atoms with E-state index in [2.05, 4.69) is 10.4 Å². The molecule has 2 N–H and O–H groups in total. The van der Waals surface area contributed by atoms with Crippen LogP contribution in [0, 0.1) is 0 Å². The molecule has 1 aromatic carbocycles. The van der Waals surface area contributed by atoms with Gasteiger partial charge in [0.2, 0.25) is 0 Å². The highest BCUT2D eigenvalue weighted by atomic mass is 16.2. The second-order valence-corrected chi connectivity index (χ2v) is 3.92. The molecule has 0 atom stereocenters. The summed E-state index contributed by atoms with van der Waals surface area (Å²) < 4.78 is 1.26. The van der Waals surface area contributed by atoms with Gasteiger partial charge < -0.3 is 10.4 Å². The molecule has 2 aromatic rings. The quantitative estimate of drug-likeness (QED) is 0.864. The Bertz CT molecular complexity index is 508. The highest BCUT2D eigenvalue weighted by molar-refractivity contribution is 5.90. The van der Waals surface area contributed by atoms with Crippen LogP contribution in [0.1, 0.15) is 12.0 Å². The number of rotatable bonds is 4. The van der Waals surface area contributed by atoms with Crippen molar-refractivity contribution in [3.63, 3.8) is 0 Å². The van der Waals surface area contributed by atoms with Crippen molar-refractivity contribution >= 4 is 11.7 Å². The van der Waals surface area contributed by atoms with E-state index in [-0.39, 0.29) is 12.6 Å². The molecule has 0 spiro atoms. The molecular formula is C13H15N3O2. The molecule has 0 saturated carbocycles. The molecule has 0 unspecified atom stereocenters. The minimum absolute atomic E-state index is 0.140. The fourth-order valence-corrected chi connectivity index (χ4v) is 1.59. The van der Waals surface area contributed by atoms with Gasteiger partial charge in [-0.05, 0) is 30.5 Å². The largest absolute Gasteiger partial charge is 0.396 e. The summed E-state index contributed by atoms with van der Waals surface area (Å²) in [5.41, 5.74) is 1.67. The average molecular weight is 245 g/mol. The molecule has 2 rings (SSSR count). The number of para-hydroxylation sites is 1. The van der Waals surface area contributed by atoms with Gasteiger partial charge >= 0.3 is 6.03 Å². The predicted octanol–water partition coefficient (Wildman–Crippen LogP) is 1.89. The molecule has 94 valence electrons. The molecule has 0 fully saturated rings. The summed E-state index contributed by atoms with van der Waals surface area (Å²) in [6.07, 6.45) is 4.70. The van der Waals surface area contributed by atoms with Crippen LogP contribution in [0.25, 0.3) is 0 Å². The van der Waals surface area contributed by atoms with Gasteiger partial charge in [-0.25, -0.2) is 4.79 Å². The Kier molecular flexibility index (Phi) is 4.09. The van der Waals surface area contributed by atoms with Gasteiger partial charge in [-0.15, -0.1) is 0 Å². The molecule has 5 heteroatoms. The van der Waals surface area contributed by atoms with E-state index < -0.39 is 0 Å². The number of aliphatic hydroxyl groups is 1. The van der Waals surface area contributed by atoms with Crippen LogP contribution in [0.2, 0.25) is 0 Å². The summed E-state index contributed by atoms with van der Waals surface area (Å²) in [4.78, 5) is 11.8. The van der Waals surface area contributed by atoms with Crippen molar-refractivity contribution in [2.24, 2.45) is 0 Å². The first-order valence-electron chi connectivity index (χ1n) is 5.80. The Balaban J connectivity index is 1.99. The Morgan fingerprint density at radius 2 is 2.11 bits per heavy atom. The third kappa shape index (κ3) is 3.18. The van der Waals surface area contributed by atoms with E-state index in [0.717, 1.165) is 17.7 Å². The normalized spacial score (nSPS) is 10.3. The van der Waals surface area contributed by atoms with E-state index in [4.69, 9.17) is 5.11 Å². The highest BCUT2D eigenvalue weighted by Crippen LogP contribution is 2.07. The van der Waals surface area contributed by atoms with E-state index in [0.29, 0.717) is 6.42 Å². The average Bonchev–Trinajstić information content (AvgIpc) is 2.86. The van der Waals surface area contributed by atoms with Gasteiger partial charge in [0.25, 0.3) is 0 Å². The number of aliphatic hydroxyl groups excluding tert-OH is 1. The minimum atomic E-state index is -0.295. The maximum absolute atomic E-state index is 11.8. The number of benzene rings is 1. The van der Waals surface area contributed by atoms with Gasteiger partial charge in [0.1, 0.15) is 0 Å². The van der Waals surface area contributed by atoms with E-state index >= 15 is 0 Å². The minimum Gasteiger partial charge on any atom is -0.396 e. The van der Waals surface area contributed by atoms with Crippen molar-refractivity contribution in [1.29, 1.82) is 0 Å². The molecule has 1 heterocycles. The van der Waals surface area contributed by atoms with E-state index in [1.807, 2.05) is 30.3 Å². The number of carbonyl (C=O) groups is 1. The maximum atomic E-state index is 11.8. The van der Waals surface area contributed by atoms with Crippen LogP contribution in [0.3, 0.4) is 0 Å². The Hall–Kier alpha value is -2.14.